The van der Waals surface area contributed by atoms with Crippen LogP contribution in [0.25, 0.3) is 0 Å². The number of benzene rings is 2. The summed E-state index contributed by atoms with van der Waals surface area (Å²) in [5, 5.41) is 0. The second-order valence-corrected chi connectivity index (χ2v) is 8.65. The van der Waals surface area contributed by atoms with Crippen LogP contribution in [0.4, 0.5) is 0 Å². The predicted octanol–water partition coefficient (Wildman–Crippen LogP) is 5.73. The standard InChI is InChI=1S/C27H29NO/c1-5-13-20(14-6-2)27(21-15-9-7-10-16-21,22-17-11-8-12-18-22)28-19-23-24(25(28)29)26(23,3)4/h5-18,23-24H,1,19H2,2-4H3/b14-6-,20-13+. The average Bonchev–Trinajstić information content (AvgIpc) is 3.07. The van der Waals surface area contributed by atoms with Gasteiger partial charge in [-0.05, 0) is 35.0 Å². The molecule has 148 valence electrons. The van der Waals surface area contributed by atoms with E-state index < -0.39 is 5.54 Å². The maximum Gasteiger partial charge on any atom is 0.227 e. The van der Waals surface area contributed by atoms with Crippen molar-refractivity contribution in [3.05, 3.63) is 108 Å². The van der Waals surface area contributed by atoms with E-state index in [4.69, 9.17) is 0 Å². The molecule has 1 saturated heterocycles. The van der Waals surface area contributed by atoms with Crippen molar-refractivity contribution in [3.63, 3.8) is 0 Å². The molecule has 0 bridgehead atoms. The van der Waals surface area contributed by atoms with Gasteiger partial charge in [-0.3, -0.25) is 4.79 Å². The maximum absolute atomic E-state index is 13.7. The lowest BCUT2D eigenvalue weighted by Crippen LogP contribution is -2.51. The van der Waals surface area contributed by atoms with E-state index in [0.29, 0.717) is 5.92 Å². The molecule has 0 N–H and O–H groups in total. The SMILES string of the molecule is C=C/C=C(\C=C/C)C(c1ccccc1)(c1ccccc1)N1CC2C(C1=O)C2(C)C. The number of piperidine rings is 1. The molecule has 4 rings (SSSR count). The highest BCUT2D eigenvalue weighted by molar-refractivity contribution is 5.88. The molecule has 1 aliphatic carbocycles. The molecule has 29 heavy (non-hydrogen) atoms. The minimum atomic E-state index is -0.677. The lowest BCUT2D eigenvalue weighted by Gasteiger charge is -2.46. The normalized spacial score (nSPS) is 23.3. The summed E-state index contributed by atoms with van der Waals surface area (Å²) in [6.07, 6.45) is 8.02. The van der Waals surface area contributed by atoms with E-state index in [9.17, 15) is 4.79 Å². The van der Waals surface area contributed by atoms with Gasteiger partial charge in [0.05, 0.1) is 0 Å². The van der Waals surface area contributed by atoms with Gasteiger partial charge in [-0.2, -0.15) is 0 Å². The number of likely N-dealkylation sites (tertiary alicyclic amines) is 1. The van der Waals surface area contributed by atoms with Gasteiger partial charge in [0.2, 0.25) is 5.91 Å². The molecule has 0 radical (unpaired) electrons. The van der Waals surface area contributed by atoms with Crippen LogP contribution in [0, 0.1) is 17.3 Å². The minimum absolute atomic E-state index is 0.107. The number of carbonyl (C=O) groups is 1. The largest absolute Gasteiger partial charge is 0.324 e. The van der Waals surface area contributed by atoms with Crippen LogP contribution in [0.5, 0.6) is 0 Å². The van der Waals surface area contributed by atoms with E-state index in [2.05, 4.69) is 79.9 Å². The van der Waals surface area contributed by atoms with E-state index in [1.54, 1.807) is 0 Å². The fourth-order valence-corrected chi connectivity index (χ4v) is 5.26. The van der Waals surface area contributed by atoms with Crippen LogP contribution in [0.2, 0.25) is 0 Å². The van der Waals surface area contributed by atoms with Crippen LogP contribution in [0.15, 0.2) is 97.1 Å². The third-order valence-electron chi connectivity index (χ3n) is 6.81. The molecule has 1 heterocycles. The monoisotopic (exact) mass is 383 g/mol. The fraction of sp³-hybridized carbons (Fsp3) is 0.296. The highest BCUT2D eigenvalue weighted by atomic mass is 16.2. The van der Waals surface area contributed by atoms with Crippen molar-refractivity contribution in [1.82, 2.24) is 4.90 Å². The van der Waals surface area contributed by atoms with E-state index >= 15 is 0 Å². The third kappa shape index (κ3) is 2.81. The number of hydrogen-bond acceptors (Lipinski definition) is 1. The number of allylic oxidation sites excluding steroid dienone is 3. The van der Waals surface area contributed by atoms with Crippen molar-refractivity contribution in [2.45, 2.75) is 26.3 Å². The van der Waals surface area contributed by atoms with Crippen molar-refractivity contribution in [3.8, 4) is 0 Å². The quantitative estimate of drug-likeness (QED) is 0.583. The molecule has 2 nitrogen and oxygen atoms in total. The Bertz CT molecular complexity index is 929. The molecular formula is C27H29NO. The summed E-state index contributed by atoms with van der Waals surface area (Å²) in [7, 11) is 0. The lowest BCUT2D eigenvalue weighted by molar-refractivity contribution is -0.135. The number of nitrogens with zero attached hydrogens (tertiary/aromatic N) is 1. The molecule has 2 unspecified atom stereocenters. The number of amides is 1. The average molecular weight is 384 g/mol. The van der Waals surface area contributed by atoms with Gasteiger partial charge in [0.1, 0.15) is 5.54 Å². The van der Waals surface area contributed by atoms with E-state index in [1.807, 2.05) is 37.3 Å². The Morgan fingerprint density at radius 2 is 1.62 bits per heavy atom. The summed E-state index contributed by atoms with van der Waals surface area (Å²) in [6, 6.07) is 20.8. The molecule has 2 atom stereocenters. The molecule has 2 heteroatoms. The molecular weight excluding hydrogens is 354 g/mol. The number of fused-ring (bicyclic) bond motifs is 1. The van der Waals surface area contributed by atoms with Crippen LogP contribution < -0.4 is 0 Å². The molecule has 0 aromatic heterocycles. The second kappa shape index (κ2) is 7.18. The summed E-state index contributed by atoms with van der Waals surface area (Å²) in [5.74, 6) is 0.787. The van der Waals surface area contributed by atoms with E-state index in [-0.39, 0.29) is 17.2 Å². The van der Waals surface area contributed by atoms with Crippen LogP contribution in [0.3, 0.4) is 0 Å². The van der Waals surface area contributed by atoms with E-state index in [1.165, 1.54) is 0 Å². The summed E-state index contributed by atoms with van der Waals surface area (Å²) < 4.78 is 0. The van der Waals surface area contributed by atoms with Crippen LogP contribution in [-0.4, -0.2) is 17.4 Å². The van der Waals surface area contributed by atoms with Gasteiger partial charge < -0.3 is 4.90 Å². The van der Waals surface area contributed by atoms with Crippen molar-refractivity contribution in [2.75, 3.05) is 6.54 Å². The summed E-state index contributed by atoms with van der Waals surface area (Å²) in [6.45, 7) is 11.2. The summed E-state index contributed by atoms with van der Waals surface area (Å²) in [4.78, 5) is 15.8. The first kappa shape index (κ1) is 19.4. The molecule has 2 aliphatic rings. The smallest absolute Gasteiger partial charge is 0.227 e. The highest BCUT2D eigenvalue weighted by Crippen LogP contribution is 2.65. The fourth-order valence-electron chi connectivity index (χ4n) is 5.26. The molecule has 2 aromatic rings. The predicted molar refractivity (Wildman–Crippen MR) is 119 cm³/mol. The Kier molecular flexibility index (Phi) is 4.82. The van der Waals surface area contributed by atoms with Crippen LogP contribution in [-0.2, 0) is 10.3 Å². The third-order valence-corrected chi connectivity index (χ3v) is 6.81. The Morgan fingerprint density at radius 1 is 1.07 bits per heavy atom. The summed E-state index contributed by atoms with van der Waals surface area (Å²) in [5.41, 5.74) is 2.69. The minimum Gasteiger partial charge on any atom is -0.324 e. The molecule has 2 fully saturated rings. The zero-order chi connectivity index (χ0) is 20.6. The second-order valence-electron chi connectivity index (χ2n) is 8.65. The lowest BCUT2D eigenvalue weighted by atomic mass is 9.74. The van der Waals surface area contributed by atoms with Crippen molar-refractivity contribution >= 4 is 5.91 Å². The number of carbonyl (C=O) groups excluding carboxylic acids is 1. The van der Waals surface area contributed by atoms with Crippen LogP contribution in [0.1, 0.15) is 31.9 Å². The molecule has 1 aliphatic heterocycles. The Balaban J connectivity index is 2.01. The van der Waals surface area contributed by atoms with E-state index in [0.717, 1.165) is 23.2 Å². The van der Waals surface area contributed by atoms with Gasteiger partial charge in [-0.15, -0.1) is 0 Å². The van der Waals surface area contributed by atoms with Gasteiger partial charge in [0, 0.05) is 12.5 Å². The topological polar surface area (TPSA) is 20.3 Å². The first-order valence-corrected chi connectivity index (χ1v) is 10.4. The van der Waals surface area contributed by atoms with Gasteiger partial charge in [0.15, 0.2) is 0 Å². The Morgan fingerprint density at radius 3 is 2.03 bits per heavy atom. The van der Waals surface area contributed by atoms with Gasteiger partial charge in [-0.25, -0.2) is 0 Å². The molecule has 1 amide bonds. The van der Waals surface area contributed by atoms with Crippen LogP contribution >= 0.6 is 0 Å². The van der Waals surface area contributed by atoms with Gasteiger partial charge in [-0.1, -0.05) is 105 Å². The number of rotatable bonds is 6. The van der Waals surface area contributed by atoms with Crippen molar-refractivity contribution in [2.24, 2.45) is 17.3 Å². The first-order chi connectivity index (χ1) is 14.0. The van der Waals surface area contributed by atoms with Gasteiger partial charge in [0.25, 0.3) is 0 Å². The molecule has 0 spiro atoms. The van der Waals surface area contributed by atoms with Gasteiger partial charge >= 0.3 is 0 Å². The highest BCUT2D eigenvalue weighted by Gasteiger charge is 2.70. The first-order valence-electron chi connectivity index (χ1n) is 10.4. The number of hydrogen-bond donors (Lipinski definition) is 0. The maximum atomic E-state index is 13.7. The molecule has 1 saturated carbocycles. The zero-order valence-corrected chi connectivity index (χ0v) is 17.5. The van der Waals surface area contributed by atoms with Crippen molar-refractivity contribution < 1.29 is 4.79 Å². The summed E-state index contributed by atoms with van der Waals surface area (Å²) >= 11 is 0. The Labute approximate surface area is 174 Å². The Hall–Kier alpha value is -2.87. The van der Waals surface area contributed by atoms with Crippen molar-refractivity contribution in [1.29, 1.82) is 0 Å². The zero-order valence-electron chi connectivity index (χ0n) is 17.5. The molecule has 2 aromatic carbocycles.